The fourth-order valence-corrected chi connectivity index (χ4v) is 2.19. The molecule has 0 saturated heterocycles. The average Bonchev–Trinajstić information content (AvgIpc) is 2.51. The van der Waals surface area contributed by atoms with Crippen LogP contribution in [-0.4, -0.2) is 23.1 Å². The molecular weight excluding hydrogens is 248 g/mol. The molecule has 0 aliphatic heterocycles. The van der Waals surface area contributed by atoms with Crippen molar-refractivity contribution >= 4 is 11.5 Å². The number of anilines is 2. The van der Waals surface area contributed by atoms with Crippen LogP contribution in [-0.2, 0) is 0 Å². The lowest BCUT2D eigenvalue weighted by molar-refractivity contribution is 0.843. The first-order chi connectivity index (χ1) is 9.74. The third kappa shape index (κ3) is 3.47. The Hall–Kier alpha value is -2.10. The van der Waals surface area contributed by atoms with E-state index in [9.17, 15) is 0 Å². The zero-order valence-electron chi connectivity index (χ0n) is 12.4. The molecule has 2 aromatic rings. The molecule has 0 amide bonds. The van der Waals surface area contributed by atoms with Gasteiger partial charge in [-0.05, 0) is 50.6 Å². The topological polar surface area (TPSA) is 41.0 Å². The van der Waals surface area contributed by atoms with Crippen LogP contribution in [0.2, 0.25) is 0 Å². The van der Waals surface area contributed by atoms with Crippen molar-refractivity contribution in [3.8, 4) is 0 Å². The Morgan fingerprint density at radius 2 is 1.80 bits per heavy atom. The summed E-state index contributed by atoms with van der Waals surface area (Å²) in [5.41, 5.74) is 2.25. The van der Waals surface area contributed by atoms with Gasteiger partial charge in [-0.3, -0.25) is 4.98 Å². The molecule has 1 unspecified atom stereocenters. The molecule has 2 rings (SSSR count). The molecule has 2 aromatic heterocycles. The van der Waals surface area contributed by atoms with E-state index in [0.29, 0.717) is 0 Å². The van der Waals surface area contributed by atoms with Crippen molar-refractivity contribution in [3.63, 3.8) is 0 Å². The van der Waals surface area contributed by atoms with Gasteiger partial charge in [0.2, 0.25) is 0 Å². The molecule has 0 aromatic carbocycles. The average molecular weight is 270 g/mol. The van der Waals surface area contributed by atoms with Gasteiger partial charge in [0.05, 0.1) is 11.9 Å². The summed E-state index contributed by atoms with van der Waals surface area (Å²) in [5, 5.41) is 3.45. The molecule has 1 atom stereocenters. The third-order valence-corrected chi connectivity index (χ3v) is 3.42. The molecule has 0 radical (unpaired) electrons. The number of nitrogens with one attached hydrogen (secondary N) is 1. The second-order valence-electron chi connectivity index (χ2n) is 4.72. The Morgan fingerprint density at radius 3 is 2.35 bits per heavy atom. The Kier molecular flexibility index (Phi) is 4.93. The molecule has 4 heteroatoms. The summed E-state index contributed by atoms with van der Waals surface area (Å²) >= 11 is 0. The van der Waals surface area contributed by atoms with E-state index in [1.807, 2.05) is 30.7 Å². The lowest BCUT2D eigenvalue weighted by Crippen LogP contribution is -2.22. The summed E-state index contributed by atoms with van der Waals surface area (Å²) in [7, 11) is 0. The number of hydrogen-bond donors (Lipinski definition) is 1. The highest BCUT2D eigenvalue weighted by Crippen LogP contribution is 2.19. The zero-order valence-corrected chi connectivity index (χ0v) is 12.4. The second-order valence-corrected chi connectivity index (χ2v) is 4.72. The smallest absolute Gasteiger partial charge is 0.128 e. The van der Waals surface area contributed by atoms with Crippen LogP contribution in [0.15, 0.2) is 42.9 Å². The highest BCUT2D eigenvalue weighted by atomic mass is 15.2. The summed E-state index contributed by atoms with van der Waals surface area (Å²) in [6.07, 6.45) is 5.52. The molecule has 0 aliphatic rings. The van der Waals surface area contributed by atoms with E-state index < -0.39 is 0 Å². The van der Waals surface area contributed by atoms with Crippen molar-refractivity contribution in [2.75, 3.05) is 23.3 Å². The van der Waals surface area contributed by atoms with Gasteiger partial charge < -0.3 is 10.2 Å². The number of pyridine rings is 2. The summed E-state index contributed by atoms with van der Waals surface area (Å²) in [4.78, 5) is 10.8. The maximum atomic E-state index is 4.52. The van der Waals surface area contributed by atoms with E-state index in [1.165, 1.54) is 5.56 Å². The van der Waals surface area contributed by atoms with Crippen LogP contribution in [0.5, 0.6) is 0 Å². The minimum atomic E-state index is 0.235. The van der Waals surface area contributed by atoms with E-state index >= 15 is 0 Å². The van der Waals surface area contributed by atoms with Crippen molar-refractivity contribution in [1.29, 1.82) is 0 Å². The molecule has 0 spiro atoms. The number of aromatic nitrogens is 2. The van der Waals surface area contributed by atoms with E-state index in [2.05, 4.69) is 53.1 Å². The van der Waals surface area contributed by atoms with Gasteiger partial charge in [-0.15, -0.1) is 0 Å². The van der Waals surface area contributed by atoms with Crippen molar-refractivity contribution in [1.82, 2.24) is 9.97 Å². The van der Waals surface area contributed by atoms with Crippen molar-refractivity contribution in [2.24, 2.45) is 0 Å². The summed E-state index contributed by atoms with van der Waals surface area (Å²) in [5.74, 6) is 1.03. The van der Waals surface area contributed by atoms with Crippen LogP contribution in [0.3, 0.4) is 0 Å². The van der Waals surface area contributed by atoms with E-state index in [4.69, 9.17) is 0 Å². The monoisotopic (exact) mass is 270 g/mol. The maximum Gasteiger partial charge on any atom is 0.128 e. The van der Waals surface area contributed by atoms with Crippen molar-refractivity contribution in [3.05, 3.63) is 48.4 Å². The van der Waals surface area contributed by atoms with Crippen LogP contribution < -0.4 is 10.2 Å². The molecule has 20 heavy (non-hydrogen) atoms. The van der Waals surface area contributed by atoms with E-state index in [-0.39, 0.29) is 6.04 Å². The maximum absolute atomic E-state index is 4.52. The molecule has 0 fully saturated rings. The van der Waals surface area contributed by atoms with Crippen LogP contribution in [0, 0.1) is 0 Å². The van der Waals surface area contributed by atoms with Gasteiger partial charge in [0.1, 0.15) is 5.82 Å². The molecule has 0 saturated carbocycles. The first kappa shape index (κ1) is 14.3. The van der Waals surface area contributed by atoms with Crippen LogP contribution in [0.25, 0.3) is 0 Å². The Bertz CT molecular complexity index is 506. The largest absolute Gasteiger partial charge is 0.377 e. The predicted molar refractivity (Wildman–Crippen MR) is 84.1 cm³/mol. The SMILES string of the molecule is CCN(CC)c1ccc(NC(C)c2ccncc2)cn1. The van der Waals surface area contributed by atoms with Gasteiger partial charge in [-0.25, -0.2) is 4.98 Å². The Balaban J connectivity index is 2.04. The minimum Gasteiger partial charge on any atom is -0.377 e. The van der Waals surface area contributed by atoms with Crippen LogP contribution >= 0.6 is 0 Å². The van der Waals surface area contributed by atoms with E-state index in [1.54, 1.807) is 0 Å². The van der Waals surface area contributed by atoms with Gasteiger partial charge in [0.25, 0.3) is 0 Å². The van der Waals surface area contributed by atoms with Gasteiger partial charge in [0, 0.05) is 31.5 Å². The van der Waals surface area contributed by atoms with Gasteiger partial charge >= 0.3 is 0 Å². The summed E-state index contributed by atoms with van der Waals surface area (Å²) < 4.78 is 0. The standard InChI is InChI=1S/C16H22N4/c1-4-20(5-2)16-7-6-15(12-18-16)19-13(3)14-8-10-17-11-9-14/h6-13,19H,4-5H2,1-3H3. The van der Waals surface area contributed by atoms with Crippen molar-refractivity contribution < 1.29 is 0 Å². The number of rotatable bonds is 6. The molecule has 0 bridgehead atoms. The molecule has 106 valence electrons. The first-order valence-corrected chi connectivity index (χ1v) is 7.12. The summed E-state index contributed by atoms with van der Waals surface area (Å²) in [6.45, 7) is 8.37. The van der Waals surface area contributed by atoms with Gasteiger partial charge in [-0.2, -0.15) is 0 Å². The molecule has 1 N–H and O–H groups in total. The molecule has 4 nitrogen and oxygen atoms in total. The fourth-order valence-electron chi connectivity index (χ4n) is 2.19. The van der Waals surface area contributed by atoms with Gasteiger partial charge in [-0.1, -0.05) is 0 Å². The van der Waals surface area contributed by atoms with Crippen LogP contribution in [0.4, 0.5) is 11.5 Å². The van der Waals surface area contributed by atoms with Crippen LogP contribution in [0.1, 0.15) is 32.4 Å². The lowest BCUT2D eigenvalue weighted by Gasteiger charge is -2.20. The zero-order chi connectivity index (χ0) is 14.4. The highest BCUT2D eigenvalue weighted by molar-refractivity contribution is 5.49. The minimum absolute atomic E-state index is 0.235. The van der Waals surface area contributed by atoms with Gasteiger partial charge in [0.15, 0.2) is 0 Å². The van der Waals surface area contributed by atoms with E-state index in [0.717, 1.165) is 24.6 Å². The number of hydrogen-bond acceptors (Lipinski definition) is 4. The summed E-state index contributed by atoms with van der Waals surface area (Å²) in [6, 6.07) is 8.43. The molecule has 0 aliphatic carbocycles. The Labute approximate surface area is 120 Å². The predicted octanol–water partition coefficient (Wildman–Crippen LogP) is 3.50. The number of nitrogens with zero attached hydrogens (tertiary/aromatic N) is 3. The highest BCUT2D eigenvalue weighted by Gasteiger charge is 2.06. The first-order valence-electron chi connectivity index (χ1n) is 7.12. The quantitative estimate of drug-likeness (QED) is 0.872. The lowest BCUT2D eigenvalue weighted by atomic mass is 10.1. The third-order valence-electron chi connectivity index (χ3n) is 3.42. The molecular formula is C16H22N4. The normalized spacial score (nSPS) is 11.9. The van der Waals surface area contributed by atoms with Crippen molar-refractivity contribution in [2.45, 2.75) is 26.8 Å². The fraction of sp³-hybridized carbons (Fsp3) is 0.375. The Morgan fingerprint density at radius 1 is 1.10 bits per heavy atom. The molecule has 2 heterocycles. The second kappa shape index (κ2) is 6.89.